The van der Waals surface area contributed by atoms with Crippen LogP contribution < -0.4 is 20.2 Å². The zero-order valence-electron chi connectivity index (χ0n) is 14.7. The smallest absolute Gasteiger partial charge is 0.249 e. The molecule has 0 saturated heterocycles. The highest BCUT2D eigenvalue weighted by molar-refractivity contribution is 5.97. The third-order valence-electron chi connectivity index (χ3n) is 4.14. The highest BCUT2D eigenvalue weighted by Crippen LogP contribution is 2.26. The Hall–Kier alpha value is -2.57. The number of benzene rings is 1. The lowest BCUT2D eigenvalue weighted by Gasteiger charge is -2.22. The molecule has 25 heavy (non-hydrogen) atoms. The molecule has 1 saturated carbocycles. The molecule has 1 aliphatic carbocycles. The number of methoxy groups -OCH3 is 2. The van der Waals surface area contributed by atoms with Gasteiger partial charge in [-0.2, -0.15) is 5.10 Å². The summed E-state index contributed by atoms with van der Waals surface area (Å²) in [5.41, 5.74) is 2.97. The minimum absolute atomic E-state index is 0.190. The van der Waals surface area contributed by atoms with Crippen molar-refractivity contribution in [2.75, 3.05) is 14.2 Å². The molecular weight excluding hydrogens is 322 g/mol. The van der Waals surface area contributed by atoms with Gasteiger partial charge in [0.1, 0.15) is 17.9 Å². The fourth-order valence-corrected chi connectivity index (χ4v) is 2.89. The van der Waals surface area contributed by atoms with Gasteiger partial charge in [-0.1, -0.05) is 25.3 Å². The van der Waals surface area contributed by atoms with E-state index < -0.39 is 5.91 Å². The molecule has 1 aromatic carbocycles. The number of nitrogens with zero attached hydrogens (tertiary/aromatic N) is 1. The van der Waals surface area contributed by atoms with Gasteiger partial charge in [0.15, 0.2) is 0 Å². The first-order valence-corrected chi connectivity index (χ1v) is 8.46. The summed E-state index contributed by atoms with van der Waals surface area (Å²) in [5, 5.41) is 6.80. The van der Waals surface area contributed by atoms with Gasteiger partial charge >= 0.3 is 0 Å². The normalized spacial score (nSPS) is 15.0. The first-order chi connectivity index (χ1) is 12.1. The Kier molecular flexibility index (Phi) is 7.25. The minimum atomic E-state index is -0.460. The van der Waals surface area contributed by atoms with Gasteiger partial charge in [-0.25, -0.2) is 5.43 Å². The highest BCUT2D eigenvalue weighted by Gasteiger charge is 2.17. The number of rotatable bonds is 7. The second-order valence-electron chi connectivity index (χ2n) is 5.95. The summed E-state index contributed by atoms with van der Waals surface area (Å²) in [5.74, 6) is 0.424. The first-order valence-electron chi connectivity index (χ1n) is 8.46. The quantitative estimate of drug-likeness (QED) is 0.448. The van der Waals surface area contributed by atoms with Crippen LogP contribution in [-0.4, -0.2) is 38.3 Å². The molecule has 0 spiro atoms. The van der Waals surface area contributed by atoms with Crippen molar-refractivity contribution in [1.29, 1.82) is 0 Å². The third-order valence-corrected chi connectivity index (χ3v) is 4.14. The van der Waals surface area contributed by atoms with E-state index in [2.05, 4.69) is 15.8 Å². The van der Waals surface area contributed by atoms with E-state index >= 15 is 0 Å². The van der Waals surface area contributed by atoms with Gasteiger partial charge in [0.05, 0.1) is 26.0 Å². The molecule has 2 amide bonds. The number of hydrogen-bond acceptors (Lipinski definition) is 5. The number of carbonyl (C=O) groups is 2. The molecule has 0 unspecified atom stereocenters. The summed E-state index contributed by atoms with van der Waals surface area (Å²) in [6.07, 6.45) is 6.64. The number of nitrogens with one attached hydrogen (secondary N) is 2. The Morgan fingerprint density at radius 2 is 1.76 bits per heavy atom. The van der Waals surface area contributed by atoms with E-state index in [1.54, 1.807) is 32.4 Å². The zero-order chi connectivity index (χ0) is 18.1. The number of hydrogen-bond donors (Lipinski definition) is 2. The van der Waals surface area contributed by atoms with Crippen LogP contribution in [0, 0.1) is 0 Å². The molecule has 7 heteroatoms. The van der Waals surface area contributed by atoms with Gasteiger partial charge in [-0.3, -0.25) is 9.59 Å². The second kappa shape index (κ2) is 9.66. The van der Waals surface area contributed by atoms with Crippen molar-refractivity contribution in [3.05, 3.63) is 23.8 Å². The Morgan fingerprint density at radius 3 is 2.36 bits per heavy atom. The molecule has 1 aromatic rings. The lowest BCUT2D eigenvalue weighted by molar-refractivity contribution is -0.129. The van der Waals surface area contributed by atoms with Crippen LogP contribution >= 0.6 is 0 Å². The van der Waals surface area contributed by atoms with Crippen molar-refractivity contribution in [2.45, 2.75) is 44.6 Å². The Morgan fingerprint density at radius 1 is 1.12 bits per heavy atom. The molecule has 0 heterocycles. The molecule has 0 radical (unpaired) electrons. The van der Waals surface area contributed by atoms with E-state index in [0.29, 0.717) is 17.1 Å². The van der Waals surface area contributed by atoms with Crippen LogP contribution in [0.4, 0.5) is 0 Å². The summed E-state index contributed by atoms with van der Waals surface area (Å²) < 4.78 is 10.5. The molecule has 0 aliphatic heterocycles. The summed E-state index contributed by atoms with van der Waals surface area (Å²) in [6, 6.07) is 5.52. The van der Waals surface area contributed by atoms with Crippen molar-refractivity contribution < 1.29 is 19.1 Å². The summed E-state index contributed by atoms with van der Waals surface area (Å²) >= 11 is 0. The van der Waals surface area contributed by atoms with Gasteiger partial charge < -0.3 is 14.8 Å². The standard InChI is InChI=1S/C18H25N3O4/c1-24-15-9-6-10-16(25-2)14(15)12-19-21-18(23)11-17(22)20-13-7-4-3-5-8-13/h6,9-10,12-13H,3-5,7-8,11H2,1-2H3,(H,20,22)(H,21,23)/b19-12-. The Labute approximate surface area is 147 Å². The number of carbonyl (C=O) groups excluding carboxylic acids is 2. The van der Waals surface area contributed by atoms with Crippen LogP contribution in [0.5, 0.6) is 11.5 Å². The van der Waals surface area contributed by atoms with Crippen LogP contribution in [0.15, 0.2) is 23.3 Å². The predicted molar refractivity (Wildman–Crippen MR) is 94.9 cm³/mol. The molecule has 2 N–H and O–H groups in total. The lowest BCUT2D eigenvalue weighted by Crippen LogP contribution is -2.38. The molecular formula is C18H25N3O4. The van der Waals surface area contributed by atoms with Crippen LogP contribution in [-0.2, 0) is 9.59 Å². The fourth-order valence-electron chi connectivity index (χ4n) is 2.89. The van der Waals surface area contributed by atoms with Crippen molar-refractivity contribution in [1.82, 2.24) is 10.7 Å². The van der Waals surface area contributed by atoms with Crippen LogP contribution in [0.2, 0.25) is 0 Å². The Balaban J connectivity index is 1.85. The molecule has 0 aromatic heterocycles. The summed E-state index contributed by atoms with van der Waals surface area (Å²) in [6.45, 7) is 0. The first kappa shape index (κ1) is 18.8. The van der Waals surface area contributed by atoms with E-state index in [1.807, 2.05) is 0 Å². The average Bonchev–Trinajstić information content (AvgIpc) is 2.62. The maximum absolute atomic E-state index is 11.9. The molecule has 0 atom stereocenters. The number of ether oxygens (including phenoxy) is 2. The molecule has 136 valence electrons. The lowest BCUT2D eigenvalue weighted by atomic mass is 9.95. The van der Waals surface area contributed by atoms with Gasteiger partial charge in [-0.15, -0.1) is 0 Å². The van der Waals surface area contributed by atoms with Crippen LogP contribution in [0.25, 0.3) is 0 Å². The largest absolute Gasteiger partial charge is 0.496 e. The summed E-state index contributed by atoms with van der Waals surface area (Å²) in [4.78, 5) is 23.7. The highest BCUT2D eigenvalue weighted by atomic mass is 16.5. The fraction of sp³-hybridized carbons (Fsp3) is 0.500. The van der Waals surface area contributed by atoms with Gasteiger partial charge in [-0.05, 0) is 25.0 Å². The second-order valence-corrected chi connectivity index (χ2v) is 5.95. The Bertz CT molecular complexity index is 602. The van der Waals surface area contributed by atoms with Crippen molar-refractivity contribution >= 4 is 18.0 Å². The van der Waals surface area contributed by atoms with Gasteiger partial charge in [0.25, 0.3) is 0 Å². The van der Waals surface area contributed by atoms with Crippen LogP contribution in [0.3, 0.4) is 0 Å². The maximum Gasteiger partial charge on any atom is 0.249 e. The maximum atomic E-state index is 11.9. The van der Waals surface area contributed by atoms with E-state index in [1.165, 1.54) is 12.6 Å². The van der Waals surface area contributed by atoms with Crippen molar-refractivity contribution in [3.63, 3.8) is 0 Å². The molecule has 2 rings (SSSR count). The average molecular weight is 347 g/mol. The van der Waals surface area contributed by atoms with Gasteiger partial charge in [0.2, 0.25) is 11.8 Å². The summed E-state index contributed by atoms with van der Waals surface area (Å²) in [7, 11) is 3.08. The van der Waals surface area contributed by atoms with E-state index in [0.717, 1.165) is 25.7 Å². The molecule has 0 bridgehead atoms. The monoisotopic (exact) mass is 347 g/mol. The minimum Gasteiger partial charge on any atom is -0.496 e. The predicted octanol–water partition coefficient (Wildman–Crippen LogP) is 1.99. The van der Waals surface area contributed by atoms with E-state index in [9.17, 15) is 9.59 Å². The molecule has 1 aliphatic rings. The molecule has 1 fully saturated rings. The van der Waals surface area contributed by atoms with Crippen LogP contribution in [0.1, 0.15) is 44.1 Å². The number of amides is 2. The zero-order valence-corrected chi connectivity index (χ0v) is 14.7. The SMILES string of the molecule is COc1cccc(OC)c1/C=N\NC(=O)CC(=O)NC1CCCCC1. The van der Waals surface area contributed by atoms with E-state index in [-0.39, 0.29) is 18.4 Å². The molecule has 7 nitrogen and oxygen atoms in total. The number of hydrazone groups is 1. The topological polar surface area (TPSA) is 89.0 Å². The van der Waals surface area contributed by atoms with Crippen molar-refractivity contribution in [3.8, 4) is 11.5 Å². The van der Waals surface area contributed by atoms with E-state index in [4.69, 9.17) is 9.47 Å². The van der Waals surface area contributed by atoms with Crippen molar-refractivity contribution in [2.24, 2.45) is 5.10 Å². The third kappa shape index (κ3) is 5.77. The van der Waals surface area contributed by atoms with Gasteiger partial charge in [0, 0.05) is 6.04 Å².